The average Bonchev–Trinajstić information content (AvgIpc) is 3.58. The van der Waals surface area contributed by atoms with Gasteiger partial charge in [-0.2, -0.15) is 0 Å². The lowest BCUT2D eigenvalue weighted by Crippen LogP contribution is -2.40. The van der Waals surface area contributed by atoms with Crippen molar-refractivity contribution in [1.82, 2.24) is 19.8 Å². The number of nitrogens with zero attached hydrogens (tertiary/aromatic N) is 3. The van der Waals surface area contributed by atoms with Crippen LogP contribution in [0, 0.1) is 5.92 Å². The van der Waals surface area contributed by atoms with E-state index in [2.05, 4.69) is 39.0 Å². The molecule has 2 aromatic carbocycles. The number of imidazole rings is 1. The molecular formula is C27H30N4O3. The van der Waals surface area contributed by atoms with Crippen LogP contribution in [0.4, 0.5) is 0 Å². The van der Waals surface area contributed by atoms with Crippen molar-refractivity contribution < 1.29 is 14.3 Å². The van der Waals surface area contributed by atoms with Gasteiger partial charge in [-0.3, -0.25) is 9.69 Å². The molecule has 1 aliphatic carbocycles. The van der Waals surface area contributed by atoms with Gasteiger partial charge in [-0.25, -0.2) is 9.78 Å². The monoisotopic (exact) mass is 458 g/mol. The molecule has 1 fully saturated rings. The minimum Gasteiger partial charge on any atom is -0.465 e. The fourth-order valence-electron chi connectivity index (χ4n) is 4.67. The second-order valence-corrected chi connectivity index (χ2v) is 9.13. The fraction of sp³-hybridized carbons (Fsp3) is 0.370. The van der Waals surface area contributed by atoms with E-state index in [4.69, 9.17) is 9.72 Å². The summed E-state index contributed by atoms with van der Waals surface area (Å²) >= 11 is 0. The highest BCUT2D eigenvalue weighted by Gasteiger charge is 2.35. The van der Waals surface area contributed by atoms with Crippen molar-refractivity contribution in [1.29, 1.82) is 0 Å². The third-order valence-electron chi connectivity index (χ3n) is 6.63. The van der Waals surface area contributed by atoms with Gasteiger partial charge in [-0.05, 0) is 48.4 Å². The van der Waals surface area contributed by atoms with Gasteiger partial charge in [0.1, 0.15) is 11.5 Å². The molecule has 1 N–H and O–H groups in total. The predicted molar refractivity (Wildman–Crippen MR) is 129 cm³/mol. The minimum atomic E-state index is -0.363. The Morgan fingerprint density at radius 3 is 2.68 bits per heavy atom. The first kappa shape index (κ1) is 22.3. The topological polar surface area (TPSA) is 76.5 Å². The Morgan fingerprint density at radius 2 is 1.91 bits per heavy atom. The van der Waals surface area contributed by atoms with Crippen LogP contribution in [0.5, 0.6) is 0 Å². The molecule has 1 aliphatic heterocycles. The Balaban J connectivity index is 1.28. The molecule has 0 spiro atoms. The summed E-state index contributed by atoms with van der Waals surface area (Å²) in [6, 6.07) is 17.8. The van der Waals surface area contributed by atoms with E-state index in [9.17, 15) is 9.59 Å². The van der Waals surface area contributed by atoms with E-state index in [1.807, 2.05) is 24.4 Å². The largest absolute Gasteiger partial charge is 0.465 e. The third kappa shape index (κ3) is 4.89. The van der Waals surface area contributed by atoms with Crippen LogP contribution in [0.3, 0.4) is 0 Å². The van der Waals surface area contributed by atoms with E-state index < -0.39 is 0 Å². The third-order valence-corrected chi connectivity index (χ3v) is 6.63. The number of methoxy groups -OCH3 is 1. The van der Waals surface area contributed by atoms with Crippen molar-refractivity contribution in [3.8, 4) is 0 Å². The number of aromatic nitrogens is 2. The summed E-state index contributed by atoms with van der Waals surface area (Å²) in [5, 5.41) is 2.98. The number of carbonyl (C=O) groups excluding carboxylic acids is 2. The maximum atomic E-state index is 12.9. The van der Waals surface area contributed by atoms with Crippen molar-refractivity contribution in [3.63, 3.8) is 0 Å². The molecule has 1 amide bonds. The number of fused-ring (bicyclic) bond motifs is 1. The van der Waals surface area contributed by atoms with Gasteiger partial charge in [-0.15, -0.1) is 0 Å². The Kier molecular flexibility index (Phi) is 6.45. The fourth-order valence-corrected chi connectivity index (χ4v) is 4.67. The number of hydrogen-bond acceptors (Lipinski definition) is 5. The lowest BCUT2D eigenvalue weighted by Gasteiger charge is -2.36. The number of esters is 1. The highest BCUT2D eigenvalue weighted by atomic mass is 16.5. The molecule has 3 aromatic rings. The van der Waals surface area contributed by atoms with Gasteiger partial charge >= 0.3 is 5.97 Å². The van der Waals surface area contributed by atoms with Crippen molar-refractivity contribution in [2.45, 2.75) is 31.8 Å². The summed E-state index contributed by atoms with van der Waals surface area (Å²) in [6.45, 7) is 3.34. The molecule has 0 radical (unpaired) electrons. The molecule has 2 heterocycles. The summed E-state index contributed by atoms with van der Waals surface area (Å²) < 4.78 is 6.92. The van der Waals surface area contributed by atoms with Crippen LogP contribution in [0.1, 0.15) is 56.7 Å². The zero-order valence-corrected chi connectivity index (χ0v) is 19.4. The van der Waals surface area contributed by atoms with Crippen LogP contribution < -0.4 is 5.32 Å². The summed E-state index contributed by atoms with van der Waals surface area (Å²) in [5.41, 5.74) is 3.14. The van der Waals surface area contributed by atoms with Crippen LogP contribution in [0.25, 0.3) is 0 Å². The van der Waals surface area contributed by atoms with Crippen molar-refractivity contribution in [2.75, 3.05) is 26.7 Å². The molecule has 0 saturated heterocycles. The molecule has 2 aliphatic rings. The molecule has 7 heteroatoms. The highest BCUT2D eigenvalue weighted by Crippen LogP contribution is 2.37. The number of benzene rings is 2. The summed E-state index contributed by atoms with van der Waals surface area (Å²) in [6.07, 6.45) is 5.12. The molecule has 7 nitrogen and oxygen atoms in total. The van der Waals surface area contributed by atoms with E-state index in [-0.39, 0.29) is 17.9 Å². The van der Waals surface area contributed by atoms with Gasteiger partial charge in [0.05, 0.1) is 18.7 Å². The summed E-state index contributed by atoms with van der Waals surface area (Å²) in [4.78, 5) is 32.0. The quantitative estimate of drug-likeness (QED) is 0.523. The number of rotatable bonds is 8. The first-order valence-electron chi connectivity index (χ1n) is 11.9. The van der Waals surface area contributed by atoms with E-state index in [0.29, 0.717) is 24.2 Å². The van der Waals surface area contributed by atoms with E-state index in [1.54, 1.807) is 12.1 Å². The van der Waals surface area contributed by atoms with Crippen LogP contribution in [0.15, 0.2) is 60.8 Å². The minimum absolute atomic E-state index is 0.0677. The van der Waals surface area contributed by atoms with Crippen LogP contribution in [-0.4, -0.2) is 53.1 Å². The van der Waals surface area contributed by atoms with Gasteiger partial charge in [0.2, 0.25) is 0 Å². The van der Waals surface area contributed by atoms with Gasteiger partial charge in [-0.1, -0.05) is 42.5 Å². The molecule has 1 unspecified atom stereocenters. The molecule has 5 rings (SSSR count). The Morgan fingerprint density at radius 1 is 1.09 bits per heavy atom. The molecular weight excluding hydrogens is 428 g/mol. The van der Waals surface area contributed by atoms with Crippen LogP contribution >= 0.6 is 0 Å². The lowest BCUT2D eigenvalue weighted by atomic mass is 10.0. The summed E-state index contributed by atoms with van der Waals surface area (Å²) in [5.74, 6) is 1.19. The van der Waals surface area contributed by atoms with Gasteiger partial charge in [0, 0.05) is 32.4 Å². The SMILES string of the molecule is COC(=O)c1cccc(CCNC(=O)c2cn3c(n2)C(c2ccccc2)N(CC2CC2)CC3)c1. The molecule has 1 saturated carbocycles. The second-order valence-electron chi connectivity index (χ2n) is 9.13. The number of carbonyl (C=O) groups is 2. The van der Waals surface area contributed by atoms with E-state index in [0.717, 1.165) is 36.9 Å². The molecule has 0 bridgehead atoms. The molecule has 1 aromatic heterocycles. The standard InChI is InChI=1S/C27H30N4O3/c1-34-27(33)22-9-5-6-19(16-22)12-13-28-26(32)23-18-31-15-14-30(17-20-10-11-20)24(25(31)29-23)21-7-3-2-4-8-21/h2-9,16,18,20,24H,10-15,17H2,1H3,(H,28,32). The smallest absolute Gasteiger partial charge is 0.337 e. The van der Waals surface area contributed by atoms with E-state index in [1.165, 1.54) is 25.5 Å². The molecule has 1 atom stereocenters. The van der Waals surface area contributed by atoms with Crippen molar-refractivity contribution in [2.24, 2.45) is 5.92 Å². The van der Waals surface area contributed by atoms with Crippen LogP contribution in [0.2, 0.25) is 0 Å². The zero-order chi connectivity index (χ0) is 23.5. The maximum Gasteiger partial charge on any atom is 0.337 e. The second kappa shape index (κ2) is 9.81. The maximum absolute atomic E-state index is 12.9. The van der Waals surface area contributed by atoms with Gasteiger partial charge < -0.3 is 14.6 Å². The molecule has 34 heavy (non-hydrogen) atoms. The van der Waals surface area contributed by atoms with Crippen molar-refractivity contribution >= 4 is 11.9 Å². The lowest BCUT2D eigenvalue weighted by molar-refractivity contribution is 0.0600. The Bertz CT molecular complexity index is 1170. The highest BCUT2D eigenvalue weighted by molar-refractivity contribution is 5.92. The zero-order valence-electron chi connectivity index (χ0n) is 19.4. The van der Waals surface area contributed by atoms with Gasteiger partial charge in [0.15, 0.2) is 0 Å². The predicted octanol–water partition coefficient (Wildman–Crippen LogP) is 3.46. The number of nitrogens with one attached hydrogen (secondary N) is 1. The normalized spacial score (nSPS) is 17.7. The average molecular weight is 459 g/mol. The number of ether oxygens (including phenoxy) is 1. The Labute approximate surface area is 199 Å². The number of hydrogen-bond donors (Lipinski definition) is 1. The first-order chi connectivity index (χ1) is 16.6. The Hall–Kier alpha value is -3.45. The number of amides is 1. The van der Waals surface area contributed by atoms with E-state index >= 15 is 0 Å². The first-order valence-corrected chi connectivity index (χ1v) is 11.9. The van der Waals surface area contributed by atoms with Crippen LogP contribution in [-0.2, 0) is 17.7 Å². The summed E-state index contributed by atoms with van der Waals surface area (Å²) in [7, 11) is 1.37. The van der Waals surface area contributed by atoms with Gasteiger partial charge in [0.25, 0.3) is 5.91 Å². The van der Waals surface area contributed by atoms with Crippen molar-refractivity contribution in [3.05, 3.63) is 89.0 Å². The molecule has 176 valence electrons.